The molecule has 1 aromatic heterocycles. The summed E-state index contributed by atoms with van der Waals surface area (Å²) in [6, 6.07) is 7.02. The van der Waals surface area contributed by atoms with Gasteiger partial charge >= 0.3 is 0 Å². The predicted molar refractivity (Wildman–Crippen MR) is 77.8 cm³/mol. The molecule has 20 heavy (non-hydrogen) atoms. The largest absolute Gasteiger partial charge is 0.377 e. The maximum Gasteiger partial charge on any atom is 0.103 e. The zero-order chi connectivity index (χ0) is 14.2. The number of nitrogens with one attached hydrogen (secondary N) is 1. The van der Waals surface area contributed by atoms with E-state index in [0.717, 1.165) is 19.4 Å². The third-order valence-corrected chi connectivity index (χ3v) is 4.63. The fourth-order valence-corrected chi connectivity index (χ4v) is 3.46. The number of ether oxygens (including phenoxy) is 2. The van der Waals surface area contributed by atoms with Crippen LogP contribution in [0.25, 0.3) is 0 Å². The molecule has 0 unspecified atom stereocenters. The van der Waals surface area contributed by atoms with Gasteiger partial charge in [-0.1, -0.05) is 6.07 Å². The van der Waals surface area contributed by atoms with Crippen molar-refractivity contribution in [3.8, 4) is 0 Å². The Morgan fingerprint density at radius 2 is 2.15 bits per heavy atom. The molecule has 4 nitrogen and oxygen atoms in total. The minimum absolute atomic E-state index is 0.122. The average molecular weight is 276 g/mol. The molecule has 3 rings (SSSR count). The molecule has 4 heteroatoms. The van der Waals surface area contributed by atoms with E-state index >= 15 is 0 Å². The van der Waals surface area contributed by atoms with E-state index in [2.05, 4.69) is 36.3 Å². The number of pyridine rings is 1. The van der Waals surface area contributed by atoms with Crippen molar-refractivity contribution in [3.63, 3.8) is 0 Å². The van der Waals surface area contributed by atoms with Crippen molar-refractivity contribution in [1.29, 1.82) is 0 Å². The van der Waals surface area contributed by atoms with Gasteiger partial charge in [-0.2, -0.15) is 0 Å². The van der Waals surface area contributed by atoms with Gasteiger partial charge in [-0.25, -0.2) is 0 Å². The smallest absolute Gasteiger partial charge is 0.103 e. The van der Waals surface area contributed by atoms with E-state index in [9.17, 15) is 0 Å². The third-order valence-electron chi connectivity index (χ3n) is 4.63. The summed E-state index contributed by atoms with van der Waals surface area (Å²) in [6.45, 7) is 4.93. The van der Waals surface area contributed by atoms with Crippen LogP contribution in [0.1, 0.15) is 38.3 Å². The molecule has 0 bridgehead atoms. The standard InChI is InChI=1S/C16H24N2O2/c1-16(2)15(19-3)14(10-20-16)18-12-8-11(9-12)13-6-4-5-7-17-13/h4-7,11-12,14-15,18H,8-10H2,1-3H3/t11?,12?,14-,15+/m0/s1. The first-order valence-electron chi connectivity index (χ1n) is 7.44. The minimum atomic E-state index is -0.198. The molecule has 0 aromatic carbocycles. The van der Waals surface area contributed by atoms with E-state index in [0.29, 0.717) is 18.0 Å². The molecular formula is C16H24N2O2. The topological polar surface area (TPSA) is 43.4 Å². The van der Waals surface area contributed by atoms with E-state index in [1.54, 1.807) is 7.11 Å². The second kappa shape index (κ2) is 5.43. The lowest BCUT2D eigenvalue weighted by atomic mass is 9.77. The maximum atomic E-state index is 5.84. The molecule has 2 heterocycles. The summed E-state index contributed by atoms with van der Waals surface area (Å²) in [5.74, 6) is 0.602. The molecule has 2 atom stereocenters. The predicted octanol–water partition coefficient (Wildman–Crippen LogP) is 2.11. The molecule has 2 aliphatic rings. The van der Waals surface area contributed by atoms with Crippen molar-refractivity contribution in [2.24, 2.45) is 0 Å². The maximum absolute atomic E-state index is 5.84. The summed E-state index contributed by atoms with van der Waals surface area (Å²) >= 11 is 0. The highest BCUT2D eigenvalue weighted by molar-refractivity contribution is 5.15. The van der Waals surface area contributed by atoms with Gasteiger partial charge in [-0.15, -0.1) is 0 Å². The van der Waals surface area contributed by atoms with E-state index in [1.165, 1.54) is 5.69 Å². The van der Waals surface area contributed by atoms with Gasteiger partial charge in [-0.3, -0.25) is 4.98 Å². The summed E-state index contributed by atoms with van der Waals surface area (Å²) in [6.07, 6.45) is 4.32. The van der Waals surface area contributed by atoms with Crippen molar-refractivity contribution < 1.29 is 9.47 Å². The Hall–Kier alpha value is -0.970. The Kier molecular flexibility index (Phi) is 3.80. The first-order valence-corrected chi connectivity index (χ1v) is 7.44. The summed E-state index contributed by atoms with van der Waals surface area (Å²) in [5.41, 5.74) is 1.02. The van der Waals surface area contributed by atoms with Gasteiger partial charge in [-0.05, 0) is 38.8 Å². The zero-order valence-corrected chi connectivity index (χ0v) is 12.5. The lowest BCUT2D eigenvalue weighted by Gasteiger charge is -2.38. The Bertz CT molecular complexity index is 443. The molecule has 1 saturated carbocycles. The van der Waals surface area contributed by atoms with Gasteiger partial charge in [0, 0.05) is 31.0 Å². The number of methoxy groups -OCH3 is 1. The molecule has 1 aliphatic carbocycles. The first kappa shape index (κ1) is 14.0. The number of rotatable bonds is 4. The average Bonchev–Trinajstić information content (AvgIpc) is 2.68. The van der Waals surface area contributed by atoms with Crippen molar-refractivity contribution in [2.45, 2.75) is 56.4 Å². The SMILES string of the molecule is CO[C@@H]1[C@@H](NC2CC(c3ccccn3)C2)COC1(C)C. The Balaban J connectivity index is 1.52. The second-order valence-corrected chi connectivity index (χ2v) is 6.46. The highest BCUT2D eigenvalue weighted by atomic mass is 16.6. The Morgan fingerprint density at radius 1 is 1.35 bits per heavy atom. The Labute approximate surface area is 120 Å². The van der Waals surface area contributed by atoms with Gasteiger partial charge < -0.3 is 14.8 Å². The van der Waals surface area contributed by atoms with Crippen LogP contribution in [0.3, 0.4) is 0 Å². The Morgan fingerprint density at radius 3 is 2.80 bits per heavy atom. The van der Waals surface area contributed by atoms with Crippen LogP contribution in [-0.2, 0) is 9.47 Å². The van der Waals surface area contributed by atoms with Crippen molar-refractivity contribution in [2.75, 3.05) is 13.7 Å². The fraction of sp³-hybridized carbons (Fsp3) is 0.688. The van der Waals surface area contributed by atoms with Crippen molar-refractivity contribution in [1.82, 2.24) is 10.3 Å². The normalized spacial score (nSPS) is 35.8. The summed E-state index contributed by atoms with van der Waals surface area (Å²) in [7, 11) is 1.77. The molecule has 0 spiro atoms. The molecule has 0 amide bonds. The van der Waals surface area contributed by atoms with Crippen LogP contribution in [-0.4, -0.2) is 42.5 Å². The summed E-state index contributed by atoms with van der Waals surface area (Å²) < 4.78 is 11.5. The first-order chi connectivity index (χ1) is 9.60. The van der Waals surface area contributed by atoms with E-state index in [1.807, 2.05) is 12.3 Å². The van der Waals surface area contributed by atoms with E-state index in [4.69, 9.17) is 9.47 Å². The van der Waals surface area contributed by atoms with Crippen molar-refractivity contribution in [3.05, 3.63) is 30.1 Å². The molecule has 2 fully saturated rings. The number of hydrogen-bond donors (Lipinski definition) is 1. The lowest BCUT2D eigenvalue weighted by molar-refractivity contribution is -0.0493. The molecule has 1 N–H and O–H groups in total. The van der Waals surface area contributed by atoms with Crippen LogP contribution in [0.4, 0.5) is 0 Å². The number of hydrogen-bond acceptors (Lipinski definition) is 4. The van der Waals surface area contributed by atoms with Crippen molar-refractivity contribution >= 4 is 0 Å². The van der Waals surface area contributed by atoms with Crippen LogP contribution in [0.15, 0.2) is 24.4 Å². The van der Waals surface area contributed by atoms with Crippen LogP contribution in [0.5, 0.6) is 0 Å². The minimum Gasteiger partial charge on any atom is -0.377 e. The zero-order valence-electron chi connectivity index (χ0n) is 12.5. The number of aromatic nitrogens is 1. The molecular weight excluding hydrogens is 252 g/mol. The molecule has 1 aromatic rings. The third kappa shape index (κ3) is 2.60. The quantitative estimate of drug-likeness (QED) is 0.914. The lowest BCUT2D eigenvalue weighted by Crippen LogP contribution is -2.52. The highest BCUT2D eigenvalue weighted by Crippen LogP contribution is 2.37. The molecule has 110 valence electrons. The van der Waals surface area contributed by atoms with Gasteiger partial charge in [0.05, 0.1) is 18.2 Å². The van der Waals surface area contributed by atoms with Gasteiger partial charge in [0.1, 0.15) is 6.10 Å². The second-order valence-electron chi connectivity index (χ2n) is 6.46. The van der Waals surface area contributed by atoms with E-state index in [-0.39, 0.29) is 11.7 Å². The van der Waals surface area contributed by atoms with Crippen LogP contribution < -0.4 is 5.32 Å². The van der Waals surface area contributed by atoms with Gasteiger partial charge in [0.2, 0.25) is 0 Å². The van der Waals surface area contributed by atoms with Crippen LogP contribution in [0.2, 0.25) is 0 Å². The van der Waals surface area contributed by atoms with E-state index < -0.39 is 0 Å². The van der Waals surface area contributed by atoms with Gasteiger partial charge in [0.15, 0.2) is 0 Å². The number of nitrogens with zero attached hydrogens (tertiary/aromatic N) is 1. The molecule has 1 saturated heterocycles. The van der Waals surface area contributed by atoms with Crippen LogP contribution >= 0.6 is 0 Å². The summed E-state index contributed by atoms with van der Waals surface area (Å²) in [4.78, 5) is 4.44. The molecule has 0 radical (unpaired) electrons. The molecule has 1 aliphatic heterocycles. The highest BCUT2D eigenvalue weighted by Gasteiger charge is 2.45. The monoisotopic (exact) mass is 276 g/mol. The fourth-order valence-electron chi connectivity index (χ4n) is 3.46. The summed E-state index contributed by atoms with van der Waals surface area (Å²) in [5, 5.41) is 3.69. The van der Waals surface area contributed by atoms with Gasteiger partial charge in [0.25, 0.3) is 0 Å². The van der Waals surface area contributed by atoms with Crippen LogP contribution in [0, 0.1) is 0 Å².